The zero-order valence-electron chi connectivity index (χ0n) is 8.23. The van der Waals surface area contributed by atoms with Gasteiger partial charge in [-0.25, -0.2) is 0 Å². The van der Waals surface area contributed by atoms with Crippen LogP contribution in [0.3, 0.4) is 0 Å². The van der Waals surface area contributed by atoms with Crippen LogP contribution in [0.5, 0.6) is 0 Å². The Hall–Kier alpha value is -0.570. The molecule has 1 fully saturated rings. The van der Waals surface area contributed by atoms with Gasteiger partial charge in [-0.15, -0.1) is 0 Å². The minimum absolute atomic E-state index is 0.0496. The van der Waals surface area contributed by atoms with E-state index in [0.29, 0.717) is 6.61 Å². The monoisotopic (exact) mass is 171 g/mol. The first kappa shape index (κ1) is 9.52. The van der Waals surface area contributed by atoms with Gasteiger partial charge in [0.05, 0.1) is 6.61 Å². The molecule has 1 atom stereocenters. The van der Waals surface area contributed by atoms with E-state index >= 15 is 0 Å². The van der Waals surface area contributed by atoms with Crippen molar-refractivity contribution in [3.8, 4) is 0 Å². The standard InChI is InChI=1S/C9H17NO2/c1-5-12-7(11)9(10-4)6-8(9,2)3/h10H,5-6H2,1-4H3/t9-/m0/s1. The molecule has 0 aliphatic heterocycles. The van der Waals surface area contributed by atoms with Crippen molar-refractivity contribution in [3.05, 3.63) is 0 Å². The summed E-state index contributed by atoms with van der Waals surface area (Å²) in [4.78, 5) is 11.5. The minimum Gasteiger partial charge on any atom is -0.465 e. The van der Waals surface area contributed by atoms with E-state index in [2.05, 4.69) is 19.2 Å². The Bertz CT molecular complexity index is 201. The number of hydrogen-bond donors (Lipinski definition) is 1. The van der Waals surface area contributed by atoms with Crippen LogP contribution in [0.4, 0.5) is 0 Å². The number of hydrogen-bond acceptors (Lipinski definition) is 3. The molecule has 1 aliphatic carbocycles. The highest BCUT2D eigenvalue weighted by molar-refractivity contribution is 5.86. The Morgan fingerprint density at radius 2 is 2.08 bits per heavy atom. The lowest BCUT2D eigenvalue weighted by Crippen LogP contribution is -2.42. The minimum atomic E-state index is -0.414. The highest BCUT2D eigenvalue weighted by Crippen LogP contribution is 2.55. The van der Waals surface area contributed by atoms with Crippen LogP contribution in [-0.4, -0.2) is 25.2 Å². The van der Waals surface area contributed by atoms with Gasteiger partial charge in [-0.3, -0.25) is 4.79 Å². The Morgan fingerprint density at radius 3 is 2.33 bits per heavy atom. The van der Waals surface area contributed by atoms with E-state index in [1.54, 1.807) is 0 Å². The van der Waals surface area contributed by atoms with Crippen LogP contribution in [0, 0.1) is 5.41 Å². The average Bonchev–Trinajstić information content (AvgIpc) is 2.55. The number of nitrogens with one attached hydrogen (secondary N) is 1. The second-order valence-electron chi connectivity index (χ2n) is 3.94. The summed E-state index contributed by atoms with van der Waals surface area (Å²) >= 11 is 0. The molecule has 0 spiro atoms. The number of carbonyl (C=O) groups is 1. The van der Waals surface area contributed by atoms with Crippen molar-refractivity contribution in [2.75, 3.05) is 13.7 Å². The number of carbonyl (C=O) groups excluding carboxylic acids is 1. The Labute approximate surface area is 73.5 Å². The number of likely N-dealkylation sites (N-methyl/N-ethyl adjacent to an activating group) is 1. The van der Waals surface area contributed by atoms with E-state index in [-0.39, 0.29) is 11.4 Å². The van der Waals surface area contributed by atoms with Crippen LogP contribution in [0.1, 0.15) is 27.2 Å². The van der Waals surface area contributed by atoms with Crippen LogP contribution in [0.25, 0.3) is 0 Å². The lowest BCUT2D eigenvalue weighted by molar-refractivity contribution is -0.147. The molecule has 0 aromatic carbocycles. The predicted molar refractivity (Wildman–Crippen MR) is 46.8 cm³/mol. The lowest BCUT2D eigenvalue weighted by atomic mass is 10.1. The maximum Gasteiger partial charge on any atom is 0.326 e. The topological polar surface area (TPSA) is 38.3 Å². The molecule has 0 bridgehead atoms. The molecule has 0 saturated heterocycles. The summed E-state index contributed by atoms with van der Waals surface area (Å²) in [6, 6.07) is 0. The molecule has 70 valence electrons. The Morgan fingerprint density at radius 1 is 1.58 bits per heavy atom. The molecule has 0 amide bonds. The van der Waals surface area contributed by atoms with Crippen molar-refractivity contribution in [2.24, 2.45) is 5.41 Å². The van der Waals surface area contributed by atoms with E-state index in [9.17, 15) is 4.79 Å². The van der Waals surface area contributed by atoms with Crippen LogP contribution in [-0.2, 0) is 9.53 Å². The van der Waals surface area contributed by atoms with E-state index in [1.165, 1.54) is 0 Å². The highest BCUT2D eigenvalue weighted by Gasteiger charge is 2.66. The molecule has 0 aromatic heterocycles. The molecule has 1 rings (SSSR count). The molecule has 1 saturated carbocycles. The van der Waals surface area contributed by atoms with Gasteiger partial charge < -0.3 is 10.1 Å². The fraction of sp³-hybridized carbons (Fsp3) is 0.889. The van der Waals surface area contributed by atoms with Gasteiger partial charge >= 0.3 is 5.97 Å². The van der Waals surface area contributed by atoms with Gasteiger partial charge in [-0.1, -0.05) is 13.8 Å². The largest absolute Gasteiger partial charge is 0.465 e. The van der Waals surface area contributed by atoms with Crippen molar-refractivity contribution in [3.63, 3.8) is 0 Å². The van der Waals surface area contributed by atoms with E-state index < -0.39 is 5.54 Å². The molecule has 0 unspecified atom stereocenters. The van der Waals surface area contributed by atoms with Crippen LogP contribution in [0.15, 0.2) is 0 Å². The quantitative estimate of drug-likeness (QED) is 0.642. The van der Waals surface area contributed by atoms with E-state index in [1.807, 2.05) is 14.0 Å². The summed E-state index contributed by atoms with van der Waals surface area (Å²) in [7, 11) is 1.81. The second-order valence-corrected chi connectivity index (χ2v) is 3.94. The summed E-state index contributed by atoms with van der Waals surface area (Å²) in [5.74, 6) is -0.113. The van der Waals surface area contributed by atoms with Crippen molar-refractivity contribution < 1.29 is 9.53 Å². The molecule has 0 radical (unpaired) electrons. The number of ether oxygens (including phenoxy) is 1. The van der Waals surface area contributed by atoms with Crippen molar-refractivity contribution >= 4 is 5.97 Å². The van der Waals surface area contributed by atoms with Crippen LogP contribution in [0.2, 0.25) is 0 Å². The van der Waals surface area contributed by atoms with Gasteiger partial charge in [-0.2, -0.15) is 0 Å². The molecule has 1 N–H and O–H groups in total. The second kappa shape index (κ2) is 2.73. The maximum atomic E-state index is 11.5. The molecule has 3 nitrogen and oxygen atoms in total. The fourth-order valence-corrected chi connectivity index (χ4v) is 1.75. The van der Waals surface area contributed by atoms with Crippen LogP contribution >= 0.6 is 0 Å². The van der Waals surface area contributed by atoms with Gasteiger partial charge in [0.2, 0.25) is 0 Å². The van der Waals surface area contributed by atoms with Gasteiger partial charge in [0.1, 0.15) is 5.54 Å². The van der Waals surface area contributed by atoms with Gasteiger partial charge in [0.25, 0.3) is 0 Å². The fourth-order valence-electron chi connectivity index (χ4n) is 1.75. The molecule has 3 heteroatoms. The molecular weight excluding hydrogens is 154 g/mol. The lowest BCUT2D eigenvalue weighted by Gasteiger charge is -2.17. The third kappa shape index (κ3) is 1.12. The van der Waals surface area contributed by atoms with Crippen molar-refractivity contribution in [2.45, 2.75) is 32.7 Å². The zero-order chi connectivity index (χ0) is 9.41. The van der Waals surface area contributed by atoms with Gasteiger partial charge in [0.15, 0.2) is 0 Å². The first-order chi connectivity index (χ1) is 5.50. The van der Waals surface area contributed by atoms with E-state index in [0.717, 1.165) is 6.42 Å². The molecular formula is C9H17NO2. The average molecular weight is 171 g/mol. The Balaban J connectivity index is 2.66. The number of rotatable bonds is 3. The summed E-state index contributed by atoms with van der Waals surface area (Å²) in [6.45, 7) is 6.43. The smallest absolute Gasteiger partial charge is 0.326 e. The summed E-state index contributed by atoms with van der Waals surface area (Å²) < 4.78 is 4.99. The van der Waals surface area contributed by atoms with E-state index in [4.69, 9.17) is 4.74 Å². The first-order valence-electron chi connectivity index (χ1n) is 4.36. The summed E-state index contributed by atoms with van der Waals surface area (Å²) in [6.07, 6.45) is 0.870. The summed E-state index contributed by atoms with van der Waals surface area (Å²) in [5.41, 5.74) is -0.364. The predicted octanol–water partition coefficient (Wildman–Crippen LogP) is 0.938. The van der Waals surface area contributed by atoms with Crippen LogP contribution < -0.4 is 5.32 Å². The SMILES string of the molecule is CCOC(=O)[C@@]1(NC)CC1(C)C. The van der Waals surface area contributed by atoms with Gasteiger partial charge in [-0.05, 0) is 25.8 Å². The molecule has 1 aliphatic rings. The Kier molecular flexibility index (Phi) is 2.17. The third-order valence-electron chi connectivity index (χ3n) is 2.79. The zero-order valence-corrected chi connectivity index (χ0v) is 8.23. The molecule has 12 heavy (non-hydrogen) atoms. The van der Waals surface area contributed by atoms with Crippen molar-refractivity contribution in [1.82, 2.24) is 5.32 Å². The molecule has 0 heterocycles. The highest BCUT2D eigenvalue weighted by atomic mass is 16.5. The normalized spacial score (nSPS) is 31.3. The summed E-state index contributed by atoms with van der Waals surface area (Å²) in [5, 5.41) is 3.05. The van der Waals surface area contributed by atoms with Crippen molar-refractivity contribution in [1.29, 1.82) is 0 Å². The number of esters is 1. The first-order valence-corrected chi connectivity index (χ1v) is 4.36. The molecule has 0 aromatic rings. The van der Waals surface area contributed by atoms with Gasteiger partial charge in [0, 0.05) is 0 Å². The third-order valence-corrected chi connectivity index (χ3v) is 2.79. The maximum absolute atomic E-state index is 11.5.